The van der Waals surface area contributed by atoms with Gasteiger partial charge in [0, 0.05) is 8.41 Å². The Hall–Kier alpha value is -0.885. The molecular weight excluding hydrogens is 76.9 g/mol. The summed E-state index contributed by atoms with van der Waals surface area (Å²) in [5.74, 6) is 0. The van der Waals surface area contributed by atoms with Crippen LogP contribution in [0.25, 0.3) is 0 Å². The Balaban J connectivity index is 0.000000250. The molecule has 27 valence electrons. The van der Waals surface area contributed by atoms with Crippen LogP contribution in [0.15, 0.2) is 10.1 Å². The van der Waals surface area contributed by atoms with Gasteiger partial charge in [-0.3, -0.25) is 0 Å². The molecule has 0 saturated carbocycles. The monoisotopic (exact) mass is 79.0 g/mol. The second-order valence-electron chi connectivity index (χ2n) is 0.611. The summed E-state index contributed by atoms with van der Waals surface area (Å²) < 4.78 is 0. The largest absolute Gasteiger partial charge is 0.412 e. The van der Waals surface area contributed by atoms with E-state index >= 15 is 0 Å². The maximum Gasteiger partial charge on any atom is 0.412 e. The lowest BCUT2D eigenvalue weighted by Gasteiger charge is -1.26. The third-order valence-electron chi connectivity index (χ3n) is 0.303. The maximum atomic E-state index is 3.50. The molecule has 0 amide bonds. The Morgan fingerprint density at radius 2 is 2.33 bits per heavy atom. The van der Waals surface area contributed by atoms with Crippen molar-refractivity contribution in [1.29, 1.82) is 0 Å². The van der Waals surface area contributed by atoms with Crippen molar-refractivity contribution < 1.29 is 4.79 Å². The molecule has 1 heterocycles. The Labute approximate surface area is 37.1 Å². The minimum absolute atomic E-state index is 0. The average molecular weight is 78.9 g/mol. The van der Waals surface area contributed by atoms with Gasteiger partial charge in [0.25, 0.3) is 6.34 Å². The quantitative estimate of drug-likeness (QED) is 0.273. The summed E-state index contributed by atoms with van der Waals surface area (Å²) in [6, 6.07) is 0. The highest BCUT2D eigenvalue weighted by molar-refractivity contribution is 5.75. The van der Waals surface area contributed by atoms with E-state index in [-0.39, 0.29) is 8.41 Å². The van der Waals surface area contributed by atoms with Crippen LogP contribution < -0.4 is 0 Å². The summed E-state index contributed by atoms with van der Waals surface area (Å²) in [5, 5.41) is 3.36. The predicted octanol–water partition coefficient (Wildman–Crippen LogP) is -0.664. The fourth-order valence-electron chi connectivity index (χ4n) is 0.149. The third kappa shape index (κ3) is 0.823. The first-order valence-corrected chi connectivity index (χ1v) is 1.23. The zero-order valence-electron chi connectivity index (χ0n) is 3.07. The van der Waals surface area contributed by atoms with Gasteiger partial charge in [-0.1, -0.05) is 4.79 Å². The molecule has 0 atom stereocenters. The maximum absolute atomic E-state index is 3.50. The first-order valence-electron chi connectivity index (χ1n) is 1.23. The molecule has 3 nitrogen and oxygen atoms in total. The van der Waals surface area contributed by atoms with Gasteiger partial charge in [-0.2, -0.15) is 0 Å². The average Bonchev–Trinajstić information content (AvgIpc) is 1.76. The summed E-state index contributed by atoms with van der Waals surface area (Å²) in [4.78, 5) is 6.86. The van der Waals surface area contributed by atoms with Crippen LogP contribution in [0, 0.1) is 0 Å². The molecule has 1 aliphatic heterocycles. The molecule has 1 aliphatic rings. The van der Waals surface area contributed by atoms with Crippen molar-refractivity contribution in [3.8, 4) is 0 Å². The molecule has 3 radical (unpaired) electrons. The zero-order chi connectivity index (χ0) is 3.54. The lowest BCUT2D eigenvalue weighted by Crippen LogP contribution is -1.50. The summed E-state index contributed by atoms with van der Waals surface area (Å²) in [6.45, 7) is 0. The van der Waals surface area contributed by atoms with E-state index < -0.39 is 0 Å². The summed E-state index contributed by atoms with van der Waals surface area (Å²) in [6.07, 6.45) is 2.78. The van der Waals surface area contributed by atoms with Crippen LogP contribution in [-0.4, -0.2) is 25.9 Å². The van der Waals surface area contributed by atoms with Crippen LogP contribution in [0.2, 0.25) is 0 Å². The fraction of sp³-hybridized carbons (Fsp3) is 0. The van der Waals surface area contributed by atoms with Crippen LogP contribution in [0.5, 0.6) is 0 Å². The van der Waals surface area contributed by atoms with Crippen LogP contribution in [0.1, 0.15) is 0 Å². The van der Waals surface area contributed by atoms with E-state index in [1.807, 2.05) is 0 Å². The molecule has 0 bridgehead atoms. The first-order chi connectivity index (χ1) is 2.50. The standard InChI is InChI=1S/C2H2N3.B/c1-3-2-5-4-1;/h1-2H;/q+1;. The molecule has 0 aliphatic carbocycles. The molecule has 4 heteroatoms. The zero-order valence-corrected chi connectivity index (χ0v) is 3.07. The highest BCUT2D eigenvalue weighted by atomic mass is 15.1. The number of aliphatic imine (C=N–C) groups is 1. The van der Waals surface area contributed by atoms with Crippen molar-refractivity contribution in [2.24, 2.45) is 10.1 Å². The first kappa shape index (κ1) is 5.11. The molecule has 0 fully saturated rings. The summed E-state index contributed by atoms with van der Waals surface area (Å²) in [7, 11) is 0. The van der Waals surface area contributed by atoms with Gasteiger partial charge in [-0.15, -0.1) is 0 Å². The molecule has 6 heavy (non-hydrogen) atoms. The SMILES string of the molecule is C1=NC=[N+]=N1.[B]. The number of nitrogens with zero attached hydrogens (tertiary/aromatic N) is 3. The van der Waals surface area contributed by atoms with Gasteiger partial charge < -0.3 is 0 Å². The highest BCUT2D eigenvalue weighted by Gasteiger charge is 1.82. The van der Waals surface area contributed by atoms with Crippen molar-refractivity contribution in [1.82, 2.24) is 0 Å². The normalized spacial score (nSPS) is 12.0. The van der Waals surface area contributed by atoms with E-state index in [9.17, 15) is 0 Å². The second-order valence-corrected chi connectivity index (χ2v) is 0.611. The van der Waals surface area contributed by atoms with E-state index in [1.165, 1.54) is 12.7 Å². The smallest absolute Gasteiger partial charge is 0.0758 e. The van der Waals surface area contributed by atoms with Crippen molar-refractivity contribution in [2.45, 2.75) is 0 Å². The van der Waals surface area contributed by atoms with E-state index in [0.29, 0.717) is 0 Å². The Morgan fingerprint density at radius 1 is 1.50 bits per heavy atom. The van der Waals surface area contributed by atoms with Crippen LogP contribution in [-0.2, 0) is 0 Å². The third-order valence-corrected chi connectivity index (χ3v) is 0.303. The molecule has 0 unspecified atom stereocenters. The Bertz CT molecular complexity index is 100.0. The predicted molar refractivity (Wildman–Crippen MR) is 23.0 cm³/mol. The number of hydrogen-bond acceptors (Lipinski definition) is 2. The van der Waals surface area contributed by atoms with Crippen molar-refractivity contribution in [3.05, 3.63) is 0 Å². The highest BCUT2D eigenvalue weighted by Crippen LogP contribution is 1.59. The second kappa shape index (κ2) is 2.36. The van der Waals surface area contributed by atoms with Gasteiger partial charge in [0.2, 0.25) is 0 Å². The topological polar surface area (TPSA) is 38.8 Å². The molecule has 0 aromatic carbocycles. The summed E-state index contributed by atoms with van der Waals surface area (Å²) in [5.41, 5.74) is 0. The fourth-order valence-corrected chi connectivity index (χ4v) is 0.149. The Kier molecular flexibility index (Phi) is 2.01. The van der Waals surface area contributed by atoms with Gasteiger partial charge >= 0.3 is 6.34 Å². The van der Waals surface area contributed by atoms with Gasteiger partial charge in [0.15, 0.2) is 0 Å². The Morgan fingerprint density at radius 3 is 2.50 bits per heavy atom. The van der Waals surface area contributed by atoms with E-state index in [4.69, 9.17) is 0 Å². The van der Waals surface area contributed by atoms with E-state index in [1.54, 1.807) is 0 Å². The van der Waals surface area contributed by atoms with Crippen LogP contribution >= 0.6 is 0 Å². The van der Waals surface area contributed by atoms with Crippen LogP contribution in [0.3, 0.4) is 0 Å². The van der Waals surface area contributed by atoms with Gasteiger partial charge in [-0.05, 0) is 4.99 Å². The summed E-state index contributed by atoms with van der Waals surface area (Å²) >= 11 is 0. The molecule has 0 saturated heterocycles. The molecule has 1 rings (SSSR count). The van der Waals surface area contributed by atoms with Gasteiger partial charge in [-0.25, -0.2) is 0 Å². The van der Waals surface area contributed by atoms with E-state index in [0.717, 1.165) is 0 Å². The minimum Gasteiger partial charge on any atom is -0.0758 e. The van der Waals surface area contributed by atoms with Crippen molar-refractivity contribution in [2.75, 3.05) is 0 Å². The minimum atomic E-state index is 0. The lowest BCUT2D eigenvalue weighted by molar-refractivity contribution is -0.0605. The van der Waals surface area contributed by atoms with E-state index in [2.05, 4.69) is 14.9 Å². The number of rotatable bonds is 0. The van der Waals surface area contributed by atoms with Gasteiger partial charge in [0.05, 0.1) is 5.11 Å². The number of hydrogen-bond donors (Lipinski definition) is 0. The van der Waals surface area contributed by atoms with Crippen molar-refractivity contribution in [3.63, 3.8) is 0 Å². The van der Waals surface area contributed by atoms with Crippen LogP contribution in [0.4, 0.5) is 0 Å². The molecular formula is C2H2BN3+. The molecule has 0 spiro atoms. The van der Waals surface area contributed by atoms with Crippen molar-refractivity contribution >= 4 is 21.1 Å². The molecule has 0 N–H and O–H groups in total. The molecule has 0 aromatic heterocycles. The van der Waals surface area contributed by atoms with Gasteiger partial charge in [0.1, 0.15) is 0 Å². The lowest BCUT2D eigenvalue weighted by atomic mass is 10.8. The molecule has 0 aromatic rings.